The van der Waals surface area contributed by atoms with Crippen molar-refractivity contribution < 1.29 is 14.4 Å². The molecule has 0 atom stereocenters. The lowest BCUT2D eigenvalue weighted by molar-refractivity contribution is 0.0693. The number of fused-ring (bicyclic) bond motifs is 1. The molecule has 0 spiro atoms. The monoisotopic (exact) mass is 299 g/mol. The predicted molar refractivity (Wildman–Crippen MR) is 82.9 cm³/mol. The Hall–Kier alpha value is -2.95. The zero-order chi connectivity index (χ0) is 16.1. The number of benzene rings is 2. The van der Waals surface area contributed by atoms with E-state index in [1.165, 1.54) is 17.7 Å². The second kappa shape index (κ2) is 6.67. The maximum absolute atomic E-state index is 13.3. The quantitative estimate of drug-likeness (QED) is 0.749. The number of hydrogen-bond acceptors (Lipinski definition) is 2. The number of rotatable bonds is 1. The van der Waals surface area contributed by atoms with E-state index in [4.69, 9.17) is 5.11 Å². The molecule has 0 saturated heterocycles. The van der Waals surface area contributed by atoms with Crippen LogP contribution in [0.1, 0.15) is 15.9 Å². The van der Waals surface area contributed by atoms with Gasteiger partial charge in [-0.05, 0) is 19.1 Å². The van der Waals surface area contributed by atoms with Gasteiger partial charge in [0.15, 0.2) is 0 Å². The predicted octanol–water partition coefficient (Wildman–Crippen LogP) is 3.43. The van der Waals surface area contributed by atoms with Crippen LogP contribution < -0.4 is 5.43 Å². The van der Waals surface area contributed by atoms with Gasteiger partial charge in [-0.25, -0.2) is 4.79 Å². The molecule has 3 rings (SSSR count). The minimum Gasteiger partial charge on any atom is -0.477 e. The molecular formula is C17H14FNO3. The van der Waals surface area contributed by atoms with Crippen molar-refractivity contribution in [1.82, 2.24) is 4.79 Å². The van der Waals surface area contributed by atoms with Crippen molar-refractivity contribution in [2.75, 3.05) is 0 Å². The van der Waals surface area contributed by atoms with E-state index in [9.17, 15) is 14.1 Å². The molecule has 5 heteroatoms. The first-order valence-corrected chi connectivity index (χ1v) is 6.56. The van der Waals surface area contributed by atoms with Crippen LogP contribution in [0.25, 0.3) is 10.9 Å². The third-order valence-corrected chi connectivity index (χ3v) is 3.04. The third kappa shape index (κ3) is 3.38. The maximum Gasteiger partial charge on any atom is 0.341 e. The van der Waals surface area contributed by atoms with Crippen molar-refractivity contribution in [2.45, 2.75) is 6.92 Å². The van der Waals surface area contributed by atoms with Crippen molar-refractivity contribution in [3.63, 3.8) is 0 Å². The lowest BCUT2D eigenvalue weighted by Gasteiger charge is -2.02. The number of aromatic nitrogens is 1. The molecule has 0 bridgehead atoms. The van der Waals surface area contributed by atoms with Crippen LogP contribution in [0, 0.1) is 6.92 Å². The molecule has 0 aliphatic heterocycles. The minimum absolute atomic E-state index is 0.0555. The number of pyridine rings is 1. The van der Waals surface area contributed by atoms with Gasteiger partial charge in [0.2, 0.25) is 5.43 Å². The first-order chi connectivity index (χ1) is 10.5. The Morgan fingerprint density at radius 3 is 2.18 bits per heavy atom. The van der Waals surface area contributed by atoms with Crippen LogP contribution in [-0.2, 0) is 0 Å². The summed E-state index contributed by atoms with van der Waals surface area (Å²) in [5, 5.41) is 8.73. The third-order valence-electron chi connectivity index (χ3n) is 3.04. The fourth-order valence-corrected chi connectivity index (χ4v) is 1.93. The molecule has 1 N–H and O–H groups in total. The van der Waals surface area contributed by atoms with Crippen molar-refractivity contribution in [1.29, 1.82) is 0 Å². The zero-order valence-electron chi connectivity index (χ0n) is 11.9. The van der Waals surface area contributed by atoms with Crippen LogP contribution >= 0.6 is 0 Å². The van der Waals surface area contributed by atoms with Gasteiger partial charge in [0.05, 0.1) is 11.7 Å². The number of carboxylic acid groups (broad SMARTS) is 1. The molecule has 1 aromatic heterocycles. The van der Waals surface area contributed by atoms with Crippen molar-refractivity contribution in [2.24, 2.45) is 0 Å². The number of hydrogen-bond donors (Lipinski definition) is 1. The Balaban J connectivity index is 0.000000211. The van der Waals surface area contributed by atoms with E-state index >= 15 is 0 Å². The lowest BCUT2D eigenvalue weighted by atomic mass is 10.1. The summed E-state index contributed by atoms with van der Waals surface area (Å²) >= 11 is 0. The van der Waals surface area contributed by atoms with Gasteiger partial charge in [0.25, 0.3) is 0 Å². The average Bonchev–Trinajstić information content (AvgIpc) is 2.52. The molecule has 0 saturated carbocycles. The van der Waals surface area contributed by atoms with Crippen LogP contribution in [0.3, 0.4) is 0 Å². The molecule has 0 fully saturated rings. The highest BCUT2D eigenvalue weighted by molar-refractivity contribution is 5.92. The summed E-state index contributed by atoms with van der Waals surface area (Å²) in [4.78, 5) is 22.3. The Morgan fingerprint density at radius 1 is 1.05 bits per heavy atom. The molecule has 2 aromatic carbocycles. The Morgan fingerprint density at radius 2 is 1.64 bits per heavy atom. The fraction of sp³-hybridized carbons (Fsp3) is 0.0588. The summed E-state index contributed by atoms with van der Waals surface area (Å²) in [6, 6.07) is 16.2. The highest BCUT2D eigenvalue weighted by Crippen LogP contribution is 2.11. The van der Waals surface area contributed by atoms with Gasteiger partial charge < -0.3 is 5.11 Å². The SMILES string of the molecule is Cc1ccccc1.O=C(O)c1cn(F)c2ccccc2c1=O. The molecule has 1 heterocycles. The molecule has 0 aliphatic carbocycles. The zero-order valence-corrected chi connectivity index (χ0v) is 11.9. The largest absolute Gasteiger partial charge is 0.477 e. The van der Waals surface area contributed by atoms with E-state index in [0.29, 0.717) is 6.20 Å². The summed E-state index contributed by atoms with van der Waals surface area (Å²) in [7, 11) is 0. The Bertz CT molecular complexity index is 857. The Labute approximate surface area is 126 Å². The summed E-state index contributed by atoms with van der Waals surface area (Å²) < 4.78 is 13.3. The molecule has 0 radical (unpaired) electrons. The van der Waals surface area contributed by atoms with Gasteiger partial charge in [0.1, 0.15) is 5.56 Å². The highest BCUT2D eigenvalue weighted by Gasteiger charge is 2.13. The smallest absolute Gasteiger partial charge is 0.341 e. The summed E-state index contributed by atoms with van der Waals surface area (Å²) in [5.41, 5.74) is 0.137. The summed E-state index contributed by atoms with van der Waals surface area (Å²) in [5.74, 6) is -1.43. The van der Waals surface area contributed by atoms with Crippen LogP contribution in [0.2, 0.25) is 0 Å². The number of carbonyl (C=O) groups is 1. The van der Waals surface area contributed by atoms with E-state index in [1.54, 1.807) is 12.1 Å². The second-order valence-corrected chi connectivity index (χ2v) is 4.66. The van der Waals surface area contributed by atoms with Gasteiger partial charge in [0, 0.05) is 5.39 Å². The van der Waals surface area contributed by atoms with E-state index in [0.717, 1.165) is 0 Å². The normalized spacial score (nSPS) is 9.91. The van der Waals surface area contributed by atoms with E-state index in [1.807, 2.05) is 18.2 Å². The van der Waals surface area contributed by atoms with Crippen LogP contribution in [0.4, 0.5) is 4.48 Å². The Kier molecular flexibility index (Phi) is 4.68. The number of para-hydroxylation sites is 1. The van der Waals surface area contributed by atoms with Gasteiger partial charge in [-0.1, -0.05) is 52.5 Å². The molecule has 4 nitrogen and oxygen atoms in total. The number of aromatic carboxylic acids is 1. The van der Waals surface area contributed by atoms with Crippen molar-refractivity contribution in [3.8, 4) is 0 Å². The van der Waals surface area contributed by atoms with Gasteiger partial charge >= 0.3 is 5.97 Å². The molecule has 0 aliphatic rings. The lowest BCUT2D eigenvalue weighted by Crippen LogP contribution is -2.16. The standard InChI is InChI=1S/C10H6FNO3.C7H8/c11-12-5-7(10(14)15)9(13)6-3-1-2-4-8(6)12;1-7-5-3-2-4-6-7/h1-5H,(H,14,15);2-6H,1H3. The first kappa shape index (κ1) is 15.4. The van der Waals surface area contributed by atoms with Gasteiger partial charge in [-0.15, -0.1) is 0 Å². The molecule has 22 heavy (non-hydrogen) atoms. The molecule has 3 aromatic rings. The minimum atomic E-state index is -1.43. The topological polar surface area (TPSA) is 59.3 Å². The van der Waals surface area contributed by atoms with E-state index < -0.39 is 17.0 Å². The van der Waals surface area contributed by atoms with Gasteiger partial charge in [-0.2, -0.15) is 4.79 Å². The summed E-state index contributed by atoms with van der Waals surface area (Å²) in [6.07, 6.45) is 0.674. The van der Waals surface area contributed by atoms with Gasteiger partial charge in [-0.3, -0.25) is 4.79 Å². The second-order valence-electron chi connectivity index (χ2n) is 4.66. The molecular weight excluding hydrogens is 285 g/mol. The number of halogens is 1. The average molecular weight is 299 g/mol. The number of carboxylic acids is 1. The van der Waals surface area contributed by atoms with Crippen molar-refractivity contribution >= 4 is 16.9 Å². The summed E-state index contributed by atoms with van der Waals surface area (Å²) in [6.45, 7) is 2.08. The van der Waals surface area contributed by atoms with Crippen LogP contribution in [-0.4, -0.2) is 15.9 Å². The van der Waals surface area contributed by atoms with Crippen molar-refractivity contribution in [3.05, 3.63) is 82.1 Å². The number of nitrogens with zero attached hydrogens (tertiary/aromatic N) is 1. The van der Waals surface area contributed by atoms with Crippen LogP contribution in [0.15, 0.2) is 65.6 Å². The number of aryl methyl sites for hydroxylation is 1. The first-order valence-electron chi connectivity index (χ1n) is 6.56. The van der Waals surface area contributed by atoms with Crippen LogP contribution in [0.5, 0.6) is 0 Å². The molecule has 112 valence electrons. The fourth-order valence-electron chi connectivity index (χ4n) is 1.93. The molecule has 0 amide bonds. The highest BCUT2D eigenvalue weighted by atomic mass is 19.2. The molecule has 0 unspecified atom stereocenters. The maximum atomic E-state index is 13.3. The van der Waals surface area contributed by atoms with E-state index in [2.05, 4.69) is 19.1 Å². The van der Waals surface area contributed by atoms with E-state index in [-0.39, 0.29) is 15.7 Å².